The van der Waals surface area contributed by atoms with E-state index in [1.165, 1.54) is 12.1 Å². The van der Waals surface area contributed by atoms with Crippen molar-refractivity contribution in [3.8, 4) is 0 Å². The fourth-order valence-electron chi connectivity index (χ4n) is 3.96. The molecule has 156 valence electrons. The maximum atomic E-state index is 13.3. The third kappa shape index (κ3) is 4.34. The number of carboxylic acids is 1. The number of aromatic nitrogens is 1. The molecule has 1 saturated heterocycles. The number of halogens is 1. The fraction of sp³-hybridized carbons (Fsp3) is 0.273. The van der Waals surface area contributed by atoms with E-state index in [0.717, 1.165) is 16.5 Å². The number of nitrogens with zero attached hydrogens (tertiary/aromatic N) is 2. The Kier molecular flexibility index (Phi) is 5.78. The lowest BCUT2D eigenvalue weighted by Crippen LogP contribution is -2.50. The number of hydrogen-bond donors (Lipinski definition) is 3. The number of aromatic amines is 1. The van der Waals surface area contributed by atoms with Gasteiger partial charge in [0.1, 0.15) is 11.9 Å². The molecule has 2 heterocycles. The number of benzene rings is 2. The average molecular weight is 410 g/mol. The Labute approximate surface area is 173 Å². The fourth-order valence-corrected chi connectivity index (χ4v) is 3.96. The molecule has 3 aromatic rings. The van der Waals surface area contributed by atoms with Gasteiger partial charge < -0.3 is 15.4 Å². The van der Waals surface area contributed by atoms with Crippen LogP contribution in [-0.4, -0.2) is 64.5 Å². The molecule has 0 spiro atoms. The average Bonchev–Trinajstić information content (AvgIpc) is 3.13. The molecule has 7 nitrogen and oxygen atoms in total. The molecule has 0 radical (unpaired) electrons. The molecule has 1 aliphatic rings. The number of amides is 1. The summed E-state index contributed by atoms with van der Waals surface area (Å²) in [5.74, 6) is -1.52. The highest BCUT2D eigenvalue weighted by molar-refractivity contribution is 5.92. The quantitative estimate of drug-likeness (QED) is 0.582. The van der Waals surface area contributed by atoms with Gasteiger partial charge in [-0.05, 0) is 24.3 Å². The van der Waals surface area contributed by atoms with Crippen LogP contribution in [0.2, 0.25) is 0 Å². The molecule has 0 bridgehead atoms. The van der Waals surface area contributed by atoms with Crippen LogP contribution >= 0.6 is 0 Å². The molecule has 3 N–H and O–H groups in total. The minimum Gasteiger partial charge on any atom is -0.480 e. The number of piperazine rings is 1. The van der Waals surface area contributed by atoms with E-state index in [2.05, 4.69) is 10.3 Å². The monoisotopic (exact) mass is 410 g/mol. The molecule has 1 atom stereocenters. The van der Waals surface area contributed by atoms with Gasteiger partial charge in [-0.15, -0.1) is 0 Å². The van der Waals surface area contributed by atoms with E-state index < -0.39 is 17.8 Å². The summed E-state index contributed by atoms with van der Waals surface area (Å²) in [5.41, 5.74) is 2.07. The predicted octanol–water partition coefficient (Wildman–Crippen LogP) is 2.69. The Balaban J connectivity index is 1.38. The molecule has 30 heavy (non-hydrogen) atoms. The Hall–Kier alpha value is -3.23. The van der Waals surface area contributed by atoms with Crippen molar-refractivity contribution < 1.29 is 19.1 Å². The van der Waals surface area contributed by atoms with Crippen LogP contribution in [0.1, 0.15) is 11.6 Å². The van der Waals surface area contributed by atoms with Crippen LogP contribution in [-0.2, 0) is 9.59 Å². The molecule has 0 unspecified atom stereocenters. The highest BCUT2D eigenvalue weighted by Gasteiger charge is 2.32. The van der Waals surface area contributed by atoms with Gasteiger partial charge in [0, 0.05) is 54.5 Å². The van der Waals surface area contributed by atoms with Crippen LogP contribution in [0.25, 0.3) is 10.9 Å². The Morgan fingerprint density at radius 3 is 2.60 bits per heavy atom. The van der Waals surface area contributed by atoms with Gasteiger partial charge in [0.25, 0.3) is 0 Å². The zero-order valence-electron chi connectivity index (χ0n) is 16.3. The van der Waals surface area contributed by atoms with Crippen molar-refractivity contribution in [3.05, 3.63) is 66.1 Å². The summed E-state index contributed by atoms with van der Waals surface area (Å²) in [5, 5.41) is 13.5. The molecule has 1 aliphatic heterocycles. The van der Waals surface area contributed by atoms with Crippen molar-refractivity contribution in [2.75, 3.05) is 38.0 Å². The number of rotatable bonds is 6. The molecule has 0 aliphatic carbocycles. The maximum Gasteiger partial charge on any atom is 0.325 e. The number of aliphatic carboxylic acids is 1. The van der Waals surface area contributed by atoms with Gasteiger partial charge in [0.2, 0.25) is 5.91 Å². The first kappa shape index (κ1) is 20.1. The largest absolute Gasteiger partial charge is 0.480 e. The van der Waals surface area contributed by atoms with E-state index in [4.69, 9.17) is 0 Å². The lowest BCUT2D eigenvalue weighted by atomic mass is 10.0. The van der Waals surface area contributed by atoms with E-state index in [0.29, 0.717) is 31.9 Å². The van der Waals surface area contributed by atoms with Crippen molar-refractivity contribution in [1.29, 1.82) is 0 Å². The standard InChI is InChI=1S/C22H23FN4O3/c23-15-4-3-5-16(12-15)25-20(28)14-26-8-10-27(11-9-26)21(22(29)30)18-13-24-19-7-2-1-6-17(18)19/h1-7,12-13,21,24H,8-11,14H2,(H,25,28)(H,29,30)/t21-/m1/s1. The van der Waals surface area contributed by atoms with Gasteiger partial charge in [-0.25, -0.2) is 4.39 Å². The van der Waals surface area contributed by atoms with Crippen molar-refractivity contribution >= 4 is 28.5 Å². The maximum absolute atomic E-state index is 13.3. The topological polar surface area (TPSA) is 88.7 Å². The molecular formula is C22H23FN4O3. The third-order valence-corrected chi connectivity index (χ3v) is 5.40. The summed E-state index contributed by atoms with van der Waals surface area (Å²) < 4.78 is 13.3. The second kappa shape index (κ2) is 8.64. The van der Waals surface area contributed by atoms with Crippen molar-refractivity contribution in [2.45, 2.75) is 6.04 Å². The van der Waals surface area contributed by atoms with E-state index in [1.807, 2.05) is 34.1 Å². The Morgan fingerprint density at radius 2 is 1.87 bits per heavy atom. The Morgan fingerprint density at radius 1 is 1.10 bits per heavy atom. The SMILES string of the molecule is O=C(CN1CCN([C@@H](C(=O)O)c2c[nH]c3ccccc23)CC1)Nc1cccc(F)c1. The van der Waals surface area contributed by atoms with Gasteiger partial charge >= 0.3 is 5.97 Å². The summed E-state index contributed by atoms with van der Waals surface area (Å²) in [7, 11) is 0. The zero-order chi connectivity index (χ0) is 21.1. The number of nitrogens with one attached hydrogen (secondary N) is 2. The molecule has 1 fully saturated rings. The molecule has 4 rings (SSSR count). The van der Waals surface area contributed by atoms with Gasteiger partial charge in [-0.2, -0.15) is 0 Å². The molecular weight excluding hydrogens is 387 g/mol. The highest BCUT2D eigenvalue weighted by atomic mass is 19.1. The van der Waals surface area contributed by atoms with Gasteiger partial charge in [0.05, 0.1) is 6.54 Å². The van der Waals surface area contributed by atoms with Crippen molar-refractivity contribution in [2.24, 2.45) is 0 Å². The van der Waals surface area contributed by atoms with Crippen LogP contribution in [0.5, 0.6) is 0 Å². The smallest absolute Gasteiger partial charge is 0.325 e. The number of H-pyrrole nitrogens is 1. The first-order valence-corrected chi connectivity index (χ1v) is 9.82. The summed E-state index contributed by atoms with van der Waals surface area (Å²) in [4.78, 5) is 31.4. The third-order valence-electron chi connectivity index (χ3n) is 5.40. The molecule has 1 aromatic heterocycles. The summed E-state index contributed by atoms with van der Waals surface area (Å²) in [6.45, 7) is 2.38. The minimum absolute atomic E-state index is 0.176. The van der Waals surface area contributed by atoms with E-state index in [1.54, 1.807) is 18.3 Å². The second-order valence-corrected chi connectivity index (χ2v) is 7.40. The highest BCUT2D eigenvalue weighted by Crippen LogP contribution is 2.29. The van der Waals surface area contributed by atoms with Crippen molar-refractivity contribution in [1.82, 2.24) is 14.8 Å². The van der Waals surface area contributed by atoms with Crippen LogP contribution in [0.4, 0.5) is 10.1 Å². The first-order valence-electron chi connectivity index (χ1n) is 9.82. The van der Waals surface area contributed by atoms with Crippen LogP contribution in [0.15, 0.2) is 54.7 Å². The number of anilines is 1. The molecule has 2 aromatic carbocycles. The van der Waals surface area contributed by atoms with Gasteiger partial charge in [-0.3, -0.25) is 19.4 Å². The lowest BCUT2D eigenvalue weighted by molar-refractivity contribution is -0.144. The minimum atomic E-state index is -0.892. The van der Waals surface area contributed by atoms with E-state index in [9.17, 15) is 19.1 Å². The normalized spacial score (nSPS) is 16.4. The number of para-hydroxylation sites is 1. The number of carboxylic acid groups (broad SMARTS) is 1. The second-order valence-electron chi connectivity index (χ2n) is 7.40. The zero-order valence-corrected chi connectivity index (χ0v) is 16.3. The molecule has 0 saturated carbocycles. The van der Waals surface area contributed by atoms with Crippen LogP contribution in [0, 0.1) is 5.82 Å². The molecule has 1 amide bonds. The number of hydrogen-bond acceptors (Lipinski definition) is 4. The summed E-state index contributed by atoms with van der Waals surface area (Å²) >= 11 is 0. The lowest BCUT2D eigenvalue weighted by Gasteiger charge is -2.37. The van der Waals surface area contributed by atoms with Crippen LogP contribution in [0.3, 0.4) is 0 Å². The Bertz CT molecular complexity index is 1060. The number of fused-ring (bicyclic) bond motifs is 1. The summed E-state index contributed by atoms with van der Waals surface area (Å²) in [6, 6.07) is 12.7. The summed E-state index contributed by atoms with van der Waals surface area (Å²) in [6.07, 6.45) is 1.77. The van der Waals surface area contributed by atoms with E-state index in [-0.39, 0.29) is 12.5 Å². The first-order chi connectivity index (χ1) is 14.5. The van der Waals surface area contributed by atoms with Crippen molar-refractivity contribution in [3.63, 3.8) is 0 Å². The van der Waals surface area contributed by atoms with E-state index >= 15 is 0 Å². The predicted molar refractivity (Wildman–Crippen MR) is 112 cm³/mol. The number of carbonyl (C=O) groups is 2. The van der Waals surface area contributed by atoms with Gasteiger partial charge in [-0.1, -0.05) is 24.3 Å². The van der Waals surface area contributed by atoms with Gasteiger partial charge in [0.15, 0.2) is 0 Å². The van der Waals surface area contributed by atoms with Crippen LogP contribution < -0.4 is 5.32 Å². The molecule has 8 heteroatoms. The number of carbonyl (C=O) groups excluding carboxylic acids is 1.